The Balaban J connectivity index is 2.34. The molecular weight excluding hydrogens is 310 g/mol. The lowest BCUT2D eigenvalue weighted by Gasteiger charge is -2.10. The van der Waals surface area contributed by atoms with E-state index in [-0.39, 0.29) is 5.56 Å². The molecule has 0 spiro atoms. The van der Waals surface area contributed by atoms with Gasteiger partial charge in [0.25, 0.3) is 5.56 Å². The van der Waals surface area contributed by atoms with Crippen molar-refractivity contribution in [3.63, 3.8) is 0 Å². The highest BCUT2D eigenvalue weighted by atomic mass is 16.7. The van der Waals surface area contributed by atoms with Gasteiger partial charge in [0.05, 0.1) is 24.9 Å². The van der Waals surface area contributed by atoms with Crippen LogP contribution in [0.4, 0.5) is 0 Å². The van der Waals surface area contributed by atoms with E-state index in [1.165, 1.54) is 4.68 Å². The maximum absolute atomic E-state index is 12.7. The zero-order valence-corrected chi connectivity index (χ0v) is 14.6. The summed E-state index contributed by atoms with van der Waals surface area (Å²) >= 11 is 0. The highest BCUT2D eigenvalue weighted by Gasteiger charge is 2.15. The van der Waals surface area contributed by atoms with Gasteiger partial charge in [0.15, 0.2) is 6.29 Å². The lowest BCUT2D eigenvalue weighted by molar-refractivity contribution is -0.0936. The van der Waals surface area contributed by atoms with Crippen LogP contribution in [0, 0.1) is 6.92 Å². The van der Waals surface area contributed by atoms with E-state index >= 15 is 0 Å². The molecule has 130 valence electrons. The van der Waals surface area contributed by atoms with Crippen molar-refractivity contribution in [2.45, 2.75) is 20.1 Å². The van der Waals surface area contributed by atoms with Crippen LogP contribution in [0.5, 0.6) is 5.75 Å². The highest BCUT2D eigenvalue weighted by molar-refractivity contribution is 5.99. The third-order valence-corrected chi connectivity index (χ3v) is 3.77. The van der Waals surface area contributed by atoms with E-state index in [9.17, 15) is 4.79 Å². The largest absolute Gasteiger partial charge is 0.497 e. The van der Waals surface area contributed by atoms with E-state index in [0.717, 1.165) is 17.1 Å². The zero-order valence-electron chi connectivity index (χ0n) is 14.6. The van der Waals surface area contributed by atoms with E-state index < -0.39 is 6.29 Å². The van der Waals surface area contributed by atoms with Crippen molar-refractivity contribution in [1.82, 2.24) is 9.78 Å². The minimum atomic E-state index is -0.428. The van der Waals surface area contributed by atoms with Crippen molar-refractivity contribution in [3.05, 3.63) is 45.9 Å². The number of aryl methyl sites for hydroxylation is 1. The molecule has 0 bridgehead atoms. The Bertz CT molecular complexity index is 755. The van der Waals surface area contributed by atoms with Gasteiger partial charge in [0.2, 0.25) is 0 Å². The Morgan fingerprint density at radius 1 is 1.21 bits per heavy atom. The quantitative estimate of drug-likeness (QED) is 0.620. The van der Waals surface area contributed by atoms with Gasteiger partial charge in [-0.2, -0.15) is 0 Å². The van der Waals surface area contributed by atoms with Gasteiger partial charge < -0.3 is 14.2 Å². The highest BCUT2D eigenvalue weighted by Crippen LogP contribution is 2.14. The Morgan fingerprint density at radius 3 is 2.38 bits per heavy atom. The second-order valence-corrected chi connectivity index (χ2v) is 5.28. The standard InChI is InChI=1S/C17H23N3O4/c1-11(18-10-15(23-4)24-5)16-12(2)19-20(17(16)21)13-6-8-14(22-3)9-7-13/h6-9,15,19H,10H2,1-5H3. The molecule has 0 fully saturated rings. The van der Waals surface area contributed by atoms with Gasteiger partial charge >= 0.3 is 0 Å². The molecule has 2 rings (SSSR count). The molecule has 0 saturated heterocycles. The fourth-order valence-electron chi connectivity index (χ4n) is 2.42. The van der Waals surface area contributed by atoms with Crippen LogP contribution in [0.3, 0.4) is 0 Å². The number of benzene rings is 1. The van der Waals surface area contributed by atoms with Crippen molar-refractivity contribution in [2.75, 3.05) is 27.9 Å². The SMILES string of the molecule is COc1ccc(-n2[nH]c(C)c(C(C)=NCC(OC)OC)c2=O)cc1. The van der Waals surface area contributed by atoms with Crippen LogP contribution in [-0.2, 0) is 9.47 Å². The predicted octanol–water partition coefficient (Wildman–Crippen LogP) is 1.91. The van der Waals surface area contributed by atoms with Gasteiger partial charge in [-0.25, -0.2) is 4.68 Å². The molecule has 7 nitrogen and oxygen atoms in total. The van der Waals surface area contributed by atoms with E-state index in [1.807, 2.05) is 19.1 Å². The molecule has 1 aromatic carbocycles. The van der Waals surface area contributed by atoms with Crippen LogP contribution >= 0.6 is 0 Å². The molecule has 0 amide bonds. The fourth-order valence-corrected chi connectivity index (χ4v) is 2.42. The Hall–Kier alpha value is -2.38. The van der Waals surface area contributed by atoms with E-state index in [1.54, 1.807) is 40.4 Å². The van der Waals surface area contributed by atoms with Gasteiger partial charge in [-0.05, 0) is 38.1 Å². The molecule has 1 N–H and O–H groups in total. The number of H-pyrrole nitrogens is 1. The minimum absolute atomic E-state index is 0.148. The molecule has 0 unspecified atom stereocenters. The van der Waals surface area contributed by atoms with Crippen molar-refractivity contribution in [1.29, 1.82) is 0 Å². The van der Waals surface area contributed by atoms with Gasteiger partial charge in [-0.1, -0.05) is 0 Å². The number of nitrogens with one attached hydrogen (secondary N) is 1. The zero-order chi connectivity index (χ0) is 17.7. The average Bonchev–Trinajstić information content (AvgIpc) is 2.90. The summed E-state index contributed by atoms with van der Waals surface area (Å²) in [6.45, 7) is 3.98. The maximum Gasteiger partial charge on any atom is 0.280 e. The minimum Gasteiger partial charge on any atom is -0.497 e. The lowest BCUT2D eigenvalue weighted by atomic mass is 10.2. The van der Waals surface area contributed by atoms with Crippen molar-refractivity contribution in [3.8, 4) is 11.4 Å². The topological polar surface area (TPSA) is 77.8 Å². The number of aromatic nitrogens is 2. The summed E-state index contributed by atoms with van der Waals surface area (Å²) in [7, 11) is 4.71. The van der Waals surface area contributed by atoms with Crippen molar-refractivity contribution >= 4 is 5.71 Å². The fraction of sp³-hybridized carbons (Fsp3) is 0.412. The summed E-state index contributed by atoms with van der Waals surface area (Å²) in [6, 6.07) is 7.25. The summed E-state index contributed by atoms with van der Waals surface area (Å²) in [6.07, 6.45) is -0.428. The molecular formula is C17H23N3O4. The molecule has 0 aliphatic heterocycles. The van der Waals surface area contributed by atoms with Crippen LogP contribution in [-0.4, -0.2) is 49.7 Å². The van der Waals surface area contributed by atoms with Gasteiger partial charge in [-0.3, -0.25) is 14.9 Å². The molecule has 1 heterocycles. The normalized spacial score (nSPS) is 12.0. The van der Waals surface area contributed by atoms with Gasteiger partial charge in [0, 0.05) is 25.6 Å². The van der Waals surface area contributed by atoms with Crippen LogP contribution in [0.25, 0.3) is 5.69 Å². The van der Waals surface area contributed by atoms with Crippen LogP contribution in [0.1, 0.15) is 18.2 Å². The Kier molecular flexibility index (Phi) is 5.94. The number of ether oxygens (including phenoxy) is 3. The van der Waals surface area contributed by atoms with Crippen LogP contribution < -0.4 is 10.3 Å². The first kappa shape index (κ1) is 18.0. The number of aromatic amines is 1. The summed E-state index contributed by atoms with van der Waals surface area (Å²) in [5.41, 5.74) is 2.53. The van der Waals surface area contributed by atoms with Crippen molar-refractivity contribution < 1.29 is 14.2 Å². The second kappa shape index (κ2) is 7.94. The molecule has 0 radical (unpaired) electrons. The number of hydrogen-bond donors (Lipinski definition) is 1. The van der Waals surface area contributed by atoms with Crippen LogP contribution in [0.2, 0.25) is 0 Å². The second-order valence-electron chi connectivity index (χ2n) is 5.28. The first-order valence-corrected chi connectivity index (χ1v) is 7.54. The summed E-state index contributed by atoms with van der Waals surface area (Å²) < 4.78 is 16.9. The van der Waals surface area contributed by atoms with E-state index in [4.69, 9.17) is 14.2 Å². The lowest BCUT2D eigenvalue weighted by Crippen LogP contribution is -2.21. The summed E-state index contributed by atoms with van der Waals surface area (Å²) in [5.74, 6) is 0.734. The predicted molar refractivity (Wildman–Crippen MR) is 92.6 cm³/mol. The Labute approximate surface area is 140 Å². The molecule has 0 aliphatic rings. The smallest absolute Gasteiger partial charge is 0.280 e. The number of nitrogens with zero attached hydrogens (tertiary/aromatic N) is 2. The molecule has 2 aromatic rings. The van der Waals surface area contributed by atoms with E-state index in [0.29, 0.717) is 17.8 Å². The molecule has 0 saturated carbocycles. The average molecular weight is 333 g/mol. The monoisotopic (exact) mass is 333 g/mol. The third-order valence-electron chi connectivity index (χ3n) is 3.77. The molecule has 24 heavy (non-hydrogen) atoms. The first-order chi connectivity index (χ1) is 11.5. The molecule has 1 aromatic heterocycles. The van der Waals surface area contributed by atoms with Gasteiger partial charge in [0.1, 0.15) is 5.75 Å². The summed E-state index contributed by atoms with van der Waals surface area (Å²) in [4.78, 5) is 17.1. The number of methoxy groups -OCH3 is 3. The maximum atomic E-state index is 12.7. The summed E-state index contributed by atoms with van der Waals surface area (Å²) in [5, 5.41) is 3.08. The van der Waals surface area contributed by atoms with E-state index in [2.05, 4.69) is 10.1 Å². The molecule has 0 aliphatic carbocycles. The Morgan fingerprint density at radius 2 is 1.83 bits per heavy atom. The molecule has 7 heteroatoms. The van der Waals surface area contributed by atoms with Crippen LogP contribution in [0.15, 0.2) is 34.1 Å². The first-order valence-electron chi connectivity index (χ1n) is 7.54. The van der Waals surface area contributed by atoms with Gasteiger partial charge in [-0.15, -0.1) is 0 Å². The van der Waals surface area contributed by atoms with Crippen molar-refractivity contribution in [2.24, 2.45) is 4.99 Å². The third kappa shape index (κ3) is 3.74. The number of rotatable bonds is 7. The molecule has 0 atom stereocenters. The number of hydrogen-bond acceptors (Lipinski definition) is 5. The number of aliphatic imine (C=N–C) groups is 1.